The molecule has 0 saturated heterocycles. The number of rotatable bonds is 9. The van der Waals surface area contributed by atoms with E-state index in [-0.39, 0.29) is 5.97 Å². The summed E-state index contributed by atoms with van der Waals surface area (Å²) in [5.74, 6) is 1.25. The van der Waals surface area contributed by atoms with Gasteiger partial charge in [0.25, 0.3) is 5.22 Å². The van der Waals surface area contributed by atoms with Crippen LogP contribution in [0.2, 0.25) is 0 Å². The number of nitrogens with one attached hydrogen (secondary N) is 1. The lowest BCUT2D eigenvalue weighted by Gasteiger charge is -2.28. The van der Waals surface area contributed by atoms with E-state index in [1.165, 1.54) is 11.8 Å². The predicted molar refractivity (Wildman–Crippen MR) is 80.2 cm³/mol. The summed E-state index contributed by atoms with van der Waals surface area (Å²) in [7, 11) is 0. The summed E-state index contributed by atoms with van der Waals surface area (Å²) >= 11 is 1.52. The maximum absolute atomic E-state index is 12.2. The van der Waals surface area contributed by atoms with E-state index in [0.29, 0.717) is 23.8 Å². The zero-order valence-corrected chi connectivity index (χ0v) is 13.7. The van der Waals surface area contributed by atoms with Gasteiger partial charge in [0.15, 0.2) is 0 Å². The molecule has 1 N–H and O–H groups in total. The van der Waals surface area contributed by atoms with Crippen LogP contribution >= 0.6 is 11.8 Å². The number of ether oxygens (including phenoxy) is 1. The molecule has 0 radical (unpaired) electrons. The number of aryl methyl sites for hydroxylation is 1. The van der Waals surface area contributed by atoms with Gasteiger partial charge in [0, 0.05) is 18.7 Å². The Labute approximate surface area is 129 Å². The van der Waals surface area contributed by atoms with Crippen molar-refractivity contribution in [1.29, 1.82) is 0 Å². The third kappa shape index (κ3) is 5.00. The lowest BCUT2D eigenvalue weighted by molar-refractivity contribution is -0.151. The van der Waals surface area contributed by atoms with E-state index in [1.54, 1.807) is 6.92 Å². The van der Waals surface area contributed by atoms with E-state index in [9.17, 15) is 4.79 Å². The lowest BCUT2D eigenvalue weighted by Crippen LogP contribution is -2.51. The summed E-state index contributed by atoms with van der Waals surface area (Å²) in [6.45, 7) is 5.96. The first-order valence-corrected chi connectivity index (χ1v) is 8.40. The van der Waals surface area contributed by atoms with Crippen LogP contribution in [0.1, 0.15) is 45.4 Å². The average molecular weight is 313 g/mol. The molecule has 0 amide bonds. The van der Waals surface area contributed by atoms with Crippen molar-refractivity contribution >= 4 is 17.7 Å². The highest BCUT2D eigenvalue weighted by Gasteiger charge is 2.39. The Morgan fingerprint density at radius 2 is 2.29 bits per heavy atom. The van der Waals surface area contributed by atoms with Crippen LogP contribution in [0.15, 0.2) is 9.64 Å². The van der Waals surface area contributed by atoms with Crippen molar-refractivity contribution in [3.63, 3.8) is 0 Å². The maximum Gasteiger partial charge on any atom is 0.326 e. The highest BCUT2D eigenvalue weighted by molar-refractivity contribution is 7.99. The van der Waals surface area contributed by atoms with E-state index < -0.39 is 5.54 Å². The largest absolute Gasteiger partial charge is 0.465 e. The first-order valence-electron chi connectivity index (χ1n) is 7.41. The zero-order valence-electron chi connectivity index (χ0n) is 12.8. The highest BCUT2D eigenvalue weighted by Crippen LogP contribution is 2.27. The fraction of sp³-hybridized carbons (Fsp3) is 0.786. The molecular weight excluding hydrogens is 290 g/mol. The zero-order chi connectivity index (χ0) is 15.3. The molecule has 1 atom stereocenters. The van der Waals surface area contributed by atoms with Crippen molar-refractivity contribution in [3.05, 3.63) is 5.89 Å². The van der Waals surface area contributed by atoms with Gasteiger partial charge in [0.2, 0.25) is 5.89 Å². The number of hydrogen-bond acceptors (Lipinski definition) is 7. The second-order valence-electron chi connectivity index (χ2n) is 5.51. The summed E-state index contributed by atoms with van der Waals surface area (Å²) in [6, 6.07) is 0.464. The average Bonchev–Trinajstić information content (AvgIpc) is 3.15. The number of hydrogen-bond donors (Lipinski definition) is 1. The molecule has 1 aromatic heterocycles. The van der Waals surface area contributed by atoms with Crippen LogP contribution in [0.5, 0.6) is 0 Å². The smallest absolute Gasteiger partial charge is 0.326 e. The molecular formula is C14H23N3O3S. The van der Waals surface area contributed by atoms with Crippen LogP contribution < -0.4 is 5.32 Å². The predicted octanol–water partition coefficient (Wildman–Crippen LogP) is 2.32. The molecule has 21 heavy (non-hydrogen) atoms. The molecule has 1 unspecified atom stereocenters. The standard InChI is InChI=1S/C14H23N3O3S/c1-4-19-12(18)14(3,15-11-6-7-11)8-5-9-21-13-17-16-10(2)20-13/h11,15H,4-9H2,1-3H3. The van der Waals surface area contributed by atoms with E-state index in [4.69, 9.17) is 9.15 Å². The van der Waals surface area contributed by atoms with Gasteiger partial charge in [0.1, 0.15) is 5.54 Å². The molecule has 1 aliphatic carbocycles. The summed E-state index contributed by atoms with van der Waals surface area (Å²) in [6.07, 6.45) is 3.90. The Kier molecular flexibility index (Phi) is 5.64. The fourth-order valence-electron chi connectivity index (χ4n) is 2.12. The van der Waals surface area contributed by atoms with Crippen molar-refractivity contribution in [2.75, 3.05) is 12.4 Å². The monoisotopic (exact) mass is 313 g/mol. The second kappa shape index (κ2) is 7.26. The van der Waals surface area contributed by atoms with Crippen molar-refractivity contribution in [1.82, 2.24) is 15.5 Å². The Balaban J connectivity index is 1.79. The maximum atomic E-state index is 12.2. The minimum absolute atomic E-state index is 0.157. The van der Waals surface area contributed by atoms with E-state index in [0.717, 1.165) is 31.4 Å². The molecule has 1 aliphatic rings. The van der Waals surface area contributed by atoms with Crippen LogP contribution in [0.4, 0.5) is 0 Å². The highest BCUT2D eigenvalue weighted by atomic mass is 32.2. The van der Waals surface area contributed by atoms with Crippen molar-refractivity contribution in [2.24, 2.45) is 0 Å². The van der Waals surface area contributed by atoms with Gasteiger partial charge in [0.05, 0.1) is 6.61 Å². The minimum Gasteiger partial charge on any atom is -0.465 e. The molecule has 0 spiro atoms. The number of thioether (sulfide) groups is 1. The van der Waals surface area contributed by atoms with Crippen molar-refractivity contribution in [3.8, 4) is 0 Å². The molecule has 1 heterocycles. The van der Waals surface area contributed by atoms with Crippen LogP contribution in [0.3, 0.4) is 0 Å². The van der Waals surface area contributed by atoms with Crippen LogP contribution in [-0.4, -0.2) is 40.1 Å². The van der Waals surface area contributed by atoms with Gasteiger partial charge in [-0.1, -0.05) is 11.8 Å². The van der Waals surface area contributed by atoms with Gasteiger partial charge in [-0.15, -0.1) is 10.2 Å². The number of nitrogens with zero attached hydrogens (tertiary/aromatic N) is 2. The summed E-state index contributed by atoms with van der Waals surface area (Å²) in [5, 5.41) is 11.7. The van der Waals surface area contributed by atoms with Gasteiger partial charge in [-0.25, -0.2) is 0 Å². The molecule has 1 saturated carbocycles. The topological polar surface area (TPSA) is 77.2 Å². The van der Waals surface area contributed by atoms with Gasteiger partial charge < -0.3 is 9.15 Å². The van der Waals surface area contributed by atoms with Crippen LogP contribution in [0, 0.1) is 6.92 Å². The summed E-state index contributed by atoms with van der Waals surface area (Å²) < 4.78 is 10.5. The SMILES string of the molecule is CCOC(=O)C(C)(CCCSc1nnc(C)o1)NC1CC1. The third-order valence-corrected chi connectivity index (χ3v) is 4.28. The number of carbonyl (C=O) groups excluding carboxylic acids is 1. The number of esters is 1. The van der Waals surface area contributed by atoms with Gasteiger partial charge in [-0.05, 0) is 39.5 Å². The molecule has 118 valence electrons. The Bertz CT molecular complexity index is 476. The number of carbonyl (C=O) groups is 1. The Morgan fingerprint density at radius 1 is 1.52 bits per heavy atom. The fourth-order valence-corrected chi connectivity index (χ4v) is 2.87. The first kappa shape index (κ1) is 16.3. The van der Waals surface area contributed by atoms with E-state index >= 15 is 0 Å². The summed E-state index contributed by atoms with van der Waals surface area (Å²) in [4.78, 5) is 12.2. The molecule has 6 nitrogen and oxygen atoms in total. The second-order valence-corrected chi connectivity index (χ2v) is 6.56. The molecule has 7 heteroatoms. The van der Waals surface area contributed by atoms with Crippen molar-refractivity contribution in [2.45, 2.75) is 63.3 Å². The molecule has 0 bridgehead atoms. The molecule has 0 aliphatic heterocycles. The van der Waals surface area contributed by atoms with E-state index in [2.05, 4.69) is 15.5 Å². The van der Waals surface area contributed by atoms with Crippen LogP contribution in [-0.2, 0) is 9.53 Å². The Hall–Kier alpha value is -1.08. The molecule has 1 fully saturated rings. The lowest BCUT2D eigenvalue weighted by atomic mass is 9.96. The molecule has 2 rings (SSSR count). The minimum atomic E-state index is -0.595. The normalized spacial score (nSPS) is 17.5. The number of aromatic nitrogens is 2. The third-order valence-electron chi connectivity index (χ3n) is 3.38. The molecule has 1 aromatic rings. The van der Waals surface area contributed by atoms with Crippen molar-refractivity contribution < 1.29 is 13.9 Å². The van der Waals surface area contributed by atoms with Gasteiger partial charge >= 0.3 is 5.97 Å². The van der Waals surface area contributed by atoms with Gasteiger partial charge in [-0.2, -0.15) is 0 Å². The van der Waals surface area contributed by atoms with E-state index in [1.807, 2.05) is 13.8 Å². The van der Waals surface area contributed by atoms with Gasteiger partial charge in [-0.3, -0.25) is 10.1 Å². The quantitative estimate of drug-likeness (QED) is 0.426. The van der Waals surface area contributed by atoms with Crippen LogP contribution in [0.25, 0.3) is 0 Å². The summed E-state index contributed by atoms with van der Waals surface area (Å²) in [5.41, 5.74) is -0.595. The first-order chi connectivity index (χ1) is 10.0. The molecule has 0 aromatic carbocycles. The Morgan fingerprint density at radius 3 is 2.86 bits per heavy atom.